The van der Waals surface area contributed by atoms with Crippen LogP contribution < -0.4 is 5.73 Å². The number of hydrogen-bond donors (Lipinski definition) is 2. The smallest absolute Gasteiger partial charge is 0.151 e. The van der Waals surface area contributed by atoms with Gasteiger partial charge in [0.15, 0.2) is 5.15 Å². The Kier molecular flexibility index (Phi) is 3.08. The van der Waals surface area contributed by atoms with Gasteiger partial charge >= 0.3 is 0 Å². The van der Waals surface area contributed by atoms with Gasteiger partial charge in [-0.3, -0.25) is 0 Å². The Hall–Kier alpha value is -0.580. The first-order valence-corrected chi connectivity index (χ1v) is 4.07. The normalized spacial score (nSPS) is 13.3. The maximum Gasteiger partial charge on any atom is 0.151 e. The maximum atomic E-state index is 8.66. The molecule has 1 heterocycles. The Morgan fingerprint density at radius 2 is 2.50 bits per heavy atom. The Bertz CT molecular complexity index is 242. The van der Waals surface area contributed by atoms with Crippen LogP contribution in [0.2, 0.25) is 5.15 Å². The molecule has 0 fully saturated rings. The summed E-state index contributed by atoms with van der Waals surface area (Å²) in [6.45, 7) is 0.0582. The second-order valence-electron chi connectivity index (χ2n) is 2.65. The molecule has 0 aromatic carbocycles. The van der Waals surface area contributed by atoms with E-state index in [-0.39, 0.29) is 12.6 Å². The molecule has 0 aliphatic rings. The average Bonchev–Trinajstić information content (AvgIpc) is 2.32. The van der Waals surface area contributed by atoms with E-state index < -0.39 is 0 Å². The summed E-state index contributed by atoms with van der Waals surface area (Å²) in [6, 6.07) is -0.241. The van der Waals surface area contributed by atoms with Gasteiger partial charge in [-0.05, 0) is 6.42 Å². The van der Waals surface area contributed by atoms with Crippen molar-refractivity contribution in [2.24, 2.45) is 12.8 Å². The van der Waals surface area contributed by atoms with Gasteiger partial charge in [0.1, 0.15) is 0 Å². The van der Waals surface area contributed by atoms with E-state index in [2.05, 4.69) is 4.98 Å². The van der Waals surface area contributed by atoms with Crippen LogP contribution in [0.25, 0.3) is 0 Å². The summed E-state index contributed by atoms with van der Waals surface area (Å²) in [4.78, 5) is 3.89. The molecule has 1 aromatic heterocycles. The molecular weight excluding hydrogens is 178 g/mol. The first-order valence-electron chi connectivity index (χ1n) is 3.70. The number of nitrogens with two attached hydrogens (primary N) is 1. The Balaban J connectivity index is 2.85. The van der Waals surface area contributed by atoms with Crippen LogP contribution in [0.3, 0.4) is 0 Å². The summed E-state index contributed by atoms with van der Waals surface area (Å²) in [5.74, 6) is 0. The lowest BCUT2D eigenvalue weighted by molar-refractivity contribution is 0.275. The molecule has 0 saturated heterocycles. The summed E-state index contributed by atoms with van der Waals surface area (Å²) >= 11 is 5.78. The highest BCUT2D eigenvalue weighted by Crippen LogP contribution is 2.20. The zero-order valence-electron chi connectivity index (χ0n) is 6.87. The maximum absolute atomic E-state index is 8.66. The van der Waals surface area contributed by atoms with E-state index in [1.807, 2.05) is 7.05 Å². The molecule has 1 unspecified atom stereocenters. The third-order valence-corrected chi connectivity index (χ3v) is 2.02. The van der Waals surface area contributed by atoms with E-state index in [0.717, 1.165) is 5.69 Å². The van der Waals surface area contributed by atoms with Gasteiger partial charge in [0.25, 0.3) is 0 Å². The quantitative estimate of drug-likeness (QED) is 0.726. The minimum atomic E-state index is -0.241. The number of imidazole rings is 1. The fraction of sp³-hybridized carbons (Fsp3) is 0.571. The molecule has 5 heteroatoms. The molecule has 1 rings (SSSR count). The molecule has 0 spiro atoms. The van der Waals surface area contributed by atoms with Crippen LogP contribution >= 0.6 is 11.6 Å². The van der Waals surface area contributed by atoms with E-state index >= 15 is 0 Å². The average molecular weight is 190 g/mol. The van der Waals surface area contributed by atoms with E-state index in [0.29, 0.717) is 11.6 Å². The van der Waals surface area contributed by atoms with Crippen LogP contribution in [-0.4, -0.2) is 21.3 Å². The molecule has 3 N–H and O–H groups in total. The van der Waals surface area contributed by atoms with Crippen LogP contribution in [0.5, 0.6) is 0 Å². The van der Waals surface area contributed by atoms with E-state index in [4.69, 9.17) is 22.4 Å². The number of nitrogens with zero attached hydrogens (tertiary/aromatic N) is 2. The number of aliphatic hydroxyl groups excluding tert-OH is 1. The lowest BCUT2D eigenvalue weighted by atomic mass is 10.2. The van der Waals surface area contributed by atoms with Gasteiger partial charge < -0.3 is 15.4 Å². The molecular formula is C7H12ClN3O. The van der Waals surface area contributed by atoms with Gasteiger partial charge in [-0.15, -0.1) is 0 Å². The molecule has 0 amide bonds. The number of halogens is 1. The van der Waals surface area contributed by atoms with Gasteiger partial charge in [0.05, 0.1) is 18.1 Å². The van der Waals surface area contributed by atoms with Gasteiger partial charge in [-0.2, -0.15) is 0 Å². The number of hydrogen-bond acceptors (Lipinski definition) is 3. The molecule has 0 bridgehead atoms. The first kappa shape index (κ1) is 9.51. The molecule has 1 atom stereocenters. The van der Waals surface area contributed by atoms with Crippen molar-refractivity contribution in [1.82, 2.24) is 9.55 Å². The fourth-order valence-electron chi connectivity index (χ4n) is 1.10. The van der Waals surface area contributed by atoms with Crippen molar-refractivity contribution in [2.45, 2.75) is 12.5 Å². The monoisotopic (exact) mass is 189 g/mol. The zero-order valence-corrected chi connectivity index (χ0v) is 7.62. The second kappa shape index (κ2) is 3.89. The summed E-state index contributed by atoms with van der Waals surface area (Å²) in [6.07, 6.45) is 2.11. The SMILES string of the molecule is Cn1cnc(Cl)c1C(N)CCO. The van der Waals surface area contributed by atoms with Crippen molar-refractivity contribution in [3.8, 4) is 0 Å². The molecule has 4 nitrogen and oxygen atoms in total. The second-order valence-corrected chi connectivity index (χ2v) is 3.01. The Labute approximate surface area is 76.0 Å². The third-order valence-electron chi connectivity index (χ3n) is 1.73. The highest BCUT2D eigenvalue weighted by atomic mass is 35.5. The third kappa shape index (κ3) is 1.77. The van der Waals surface area contributed by atoms with Gasteiger partial charge in [0.2, 0.25) is 0 Å². The molecule has 1 aromatic rings. The molecule has 0 radical (unpaired) electrons. The van der Waals surface area contributed by atoms with Gasteiger partial charge in [-0.25, -0.2) is 4.98 Å². The first-order chi connectivity index (χ1) is 5.66. The number of aromatic nitrogens is 2. The number of aliphatic hydroxyl groups is 1. The van der Waals surface area contributed by atoms with Crippen LogP contribution in [0.15, 0.2) is 6.33 Å². The van der Waals surface area contributed by atoms with Crippen LogP contribution in [0.1, 0.15) is 18.2 Å². The summed E-state index contributed by atoms with van der Waals surface area (Å²) < 4.78 is 1.77. The van der Waals surface area contributed by atoms with Crippen molar-refractivity contribution < 1.29 is 5.11 Å². The highest BCUT2D eigenvalue weighted by molar-refractivity contribution is 6.30. The standard InChI is InChI=1S/C7H12ClN3O/c1-11-4-10-7(8)6(11)5(9)2-3-12/h4-5,12H,2-3,9H2,1H3. The van der Waals surface area contributed by atoms with Crippen molar-refractivity contribution >= 4 is 11.6 Å². The van der Waals surface area contributed by atoms with Crippen molar-refractivity contribution in [3.05, 3.63) is 17.2 Å². The summed E-state index contributed by atoms with van der Waals surface area (Å²) in [5, 5.41) is 9.08. The molecule has 0 saturated carbocycles. The fourth-order valence-corrected chi connectivity index (χ4v) is 1.42. The lowest BCUT2D eigenvalue weighted by Gasteiger charge is -2.10. The van der Waals surface area contributed by atoms with Crippen molar-refractivity contribution in [2.75, 3.05) is 6.61 Å². The van der Waals surface area contributed by atoms with Crippen molar-refractivity contribution in [3.63, 3.8) is 0 Å². The van der Waals surface area contributed by atoms with Crippen molar-refractivity contribution in [1.29, 1.82) is 0 Å². The minimum Gasteiger partial charge on any atom is -0.396 e. The molecule has 68 valence electrons. The predicted octanol–water partition coefficient (Wildman–Crippen LogP) is 0.456. The molecule has 0 aliphatic heterocycles. The Morgan fingerprint density at radius 1 is 1.83 bits per heavy atom. The molecule has 0 aliphatic carbocycles. The lowest BCUT2D eigenvalue weighted by Crippen LogP contribution is -2.15. The molecule has 12 heavy (non-hydrogen) atoms. The van der Waals surface area contributed by atoms with Crippen LogP contribution in [-0.2, 0) is 7.05 Å². The highest BCUT2D eigenvalue weighted by Gasteiger charge is 2.13. The predicted molar refractivity (Wildman–Crippen MR) is 46.8 cm³/mol. The van der Waals surface area contributed by atoms with Crippen LogP contribution in [0, 0.1) is 0 Å². The van der Waals surface area contributed by atoms with E-state index in [1.54, 1.807) is 10.9 Å². The zero-order chi connectivity index (χ0) is 9.14. The van der Waals surface area contributed by atoms with Crippen LogP contribution in [0.4, 0.5) is 0 Å². The number of rotatable bonds is 3. The largest absolute Gasteiger partial charge is 0.396 e. The van der Waals surface area contributed by atoms with E-state index in [1.165, 1.54) is 0 Å². The Morgan fingerprint density at radius 3 is 2.92 bits per heavy atom. The summed E-state index contributed by atoms with van der Waals surface area (Å²) in [7, 11) is 1.82. The summed E-state index contributed by atoms with van der Waals surface area (Å²) in [5.41, 5.74) is 6.52. The van der Waals surface area contributed by atoms with Gasteiger partial charge in [-0.1, -0.05) is 11.6 Å². The topological polar surface area (TPSA) is 64.1 Å². The number of aryl methyl sites for hydroxylation is 1. The van der Waals surface area contributed by atoms with Gasteiger partial charge in [0, 0.05) is 13.7 Å². The minimum absolute atomic E-state index is 0.0582. The van der Waals surface area contributed by atoms with E-state index in [9.17, 15) is 0 Å².